The molecule has 0 aromatic carbocycles. The summed E-state index contributed by atoms with van der Waals surface area (Å²) < 4.78 is 0. The van der Waals surface area contributed by atoms with Gasteiger partial charge >= 0.3 is 12.0 Å². The Balaban J connectivity index is 2.52. The molecule has 0 fully saturated rings. The van der Waals surface area contributed by atoms with Gasteiger partial charge in [0.2, 0.25) is 0 Å². The van der Waals surface area contributed by atoms with E-state index in [9.17, 15) is 9.59 Å². The lowest BCUT2D eigenvalue weighted by atomic mass is 10.2. The van der Waals surface area contributed by atoms with Crippen molar-refractivity contribution in [3.8, 4) is 0 Å². The number of carbonyl (C=O) groups is 2. The van der Waals surface area contributed by atoms with Crippen LogP contribution in [-0.2, 0) is 4.79 Å². The molecule has 2 amide bonds. The van der Waals surface area contributed by atoms with Crippen molar-refractivity contribution in [1.82, 2.24) is 15.6 Å². The molecule has 3 N–H and O–H groups in total. The van der Waals surface area contributed by atoms with Gasteiger partial charge < -0.3 is 15.7 Å². The highest BCUT2D eigenvalue weighted by molar-refractivity contribution is 5.82. The summed E-state index contributed by atoms with van der Waals surface area (Å²) in [6.07, 6.45) is 1.97. The topological polar surface area (TPSA) is 91.3 Å². The molecule has 6 heteroatoms. The van der Waals surface area contributed by atoms with Gasteiger partial charge in [0.05, 0.1) is 11.7 Å². The van der Waals surface area contributed by atoms with Gasteiger partial charge in [-0.15, -0.1) is 0 Å². The molecule has 1 heterocycles. The van der Waals surface area contributed by atoms with Crippen molar-refractivity contribution in [3.63, 3.8) is 0 Å². The lowest BCUT2D eigenvalue weighted by Crippen LogP contribution is -2.46. The average molecular weight is 251 g/mol. The summed E-state index contributed by atoms with van der Waals surface area (Å²) >= 11 is 0. The molecule has 1 aromatic heterocycles. The van der Waals surface area contributed by atoms with Gasteiger partial charge in [-0.3, -0.25) is 4.98 Å². The summed E-state index contributed by atoms with van der Waals surface area (Å²) in [7, 11) is 0. The fraction of sp³-hybridized carbons (Fsp3) is 0.417. The van der Waals surface area contributed by atoms with Crippen LogP contribution < -0.4 is 10.6 Å². The number of aliphatic carboxylic acids is 1. The van der Waals surface area contributed by atoms with Gasteiger partial charge in [0.15, 0.2) is 0 Å². The highest BCUT2D eigenvalue weighted by Gasteiger charge is 2.18. The standard InChI is InChI=1S/C12H17N3O3/c1-3-9(11(16)17)15-12(18)14-8(2)10-6-4-5-7-13-10/h4-9H,3H2,1-2H3,(H,16,17)(H2,14,15,18)/t8?,9-/m1/s1. The molecule has 0 radical (unpaired) electrons. The number of hydrogen-bond donors (Lipinski definition) is 3. The number of nitrogens with zero attached hydrogens (tertiary/aromatic N) is 1. The molecular formula is C12H17N3O3. The first-order chi connectivity index (χ1) is 8.54. The van der Waals surface area contributed by atoms with E-state index in [1.807, 2.05) is 6.07 Å². The first kappa shape index (κ1) is 14.0. The van der Waals surface area contributed by atoms with Gasteiger partial charge in [-0.25, -0.2) is 9.59 Å². The second-order valence-corrected chi connectivity index (χ2v) is 3.89. The van der Waals surface area contributed by atoms with Gasteiger partial charge in [-0.2, -0.15) is 0 Å². The molecule has 98 valence electrons. The van der Waals surface area contributed by atoms with Crippen molar-refractivity contribution in [2.75, 3.05) is 0 Å². The van der Waals surface area contributed by atoms with Crippen LogP contribution in [0.25, 0.3) is 0 Å². The third-order valence-corrected chi connectivity index (χ3v) is 2.49. The molecular weight excluding hydrogens is 234 g/mol. The number of pyridine rings is 1. The monoisotopic (exact) mass is 251 g/mol. The van der Waals surface area contributed by atoms with E-state index in [4.69, 9.17) is 5.11 Å². The summed E-state index contributed by atoms with van der Waals surface area (Å²) in [5.41, 5.74) is 0.719. The third-order valence-electron chi connectivity index (χ3n) is 2.49. The number of aromatic nitrogens is 1. The van der Waals surface area contributed by atoms with Crippen molar-refractivity contribution in [2.24, 2.45) is 0 Å². The smallest absolute Gasteiger partial charge is 0.326 e. The van der Waals surface area contributed by atoms with E-state index in [0.717, 1.165) is 5.69 Å². The van der Waals surface area contributed by atoms with Crippen molar-refractivity contribution < 1.29 is 14.7 Å². The first-order valence-corrected chi connectivity index (χ1v) is 5.75. The van der Waals surface area contributed by atoms with Crippen LogP contribution >= 0.6 is 0 Å². The summed E-state index contributed by atoms with van der Waals surface area (Å²) in [6.45, 7) is 3.48. The Hall–Kier alpha value is -2.11. The van der Waals surface area contributed by atoms with E-state index in [-0.39, 0.29) is 6.04 Å². The Morgan fingerprint density at radius 2 is 2.11 bits per heavy atom. The molecule has 0 aliphatic rings. The lowest BCUT2D eigenvalue weighted by molar-refractivity contribution is -0.139. The Bertz CT molecular complexity index is 408. The van der Waals surface area contributed by atoms with Crippen molar-refractivity contribution in [1.29, 1.82) is 0 Å². The zero-order valence-electron chi connectivity index (χ0n) is 10.4. The quantitative estimate of drug-likeness (QED) is 0.735. The minimum absolute atomic E-state index is 0.280. The fourth-order valence-corrected chi connectivity index (χ4v) is 1.44. The number of carboxylic acids is 1. The predicted molar refractivity (Wildman–Crippen MR) is 66.0 cm³/mol. The van der Waals surface area contributed by atoms with Crippen molar-refractivity contribution in [2.45, 2.75) is 32.4 Å². The van der Waals surface area contributed by atoms with Gasteiger partial charge in [0.1, 0.15) is 6.04 Å². The Morgan fingerprint density at radius 1 is 1.39 bits per heavy atom. The molecule has 0 saturated heterocycles. The number of nitrogens with one attached hydrogen (secondary N) is 2. The maximum atomic E-state index is 11.6. The van der Waals surface area contributed by atoms with E-state index >= 15 is 0 Å². The molecule has 0 bridgehead atoms. The van der Waals surface area contributed by atoms with Crippen LogP contribution in [0.1, 0.15) is 32.0 Å². The van der Waals surface area contributed by atoms with Crippen LogP contribution in [0.4, 0.5) is 4.79 Å². The van der Waals surface area contributed by atoms with Gasteiger partial charge in [-0.1, -0.05) is 13.0 Å². The fourth-order valence-electron chi connectivity index (χ4n) is 1.44. The number of carbonyl (C=O) groups excluding carboxylic acids is 1. The summed E-state index contributed by atoms with van der Waals surface area (Å²) in [5, 5.41) is 13.8. The molecule has 1 unspecified atom stereocenters. The Morgan fingerprint density at radius 3 is 2.61 bits per heavy atom. The van der Waals surface area contributed by atoms with Gasteiger partial charge in [-0.05, 0) is 25.5 Å². The Kier molecular flexibility index (Phi) is 5.10. The van der Waals surface area contributed by atoms with Crippen LogP contribution in [0.15, 0.2) is 24.4 Å². The number of rotatable bonds is 5. The lowest BCUT2D eigenvalue weighted by Gasteiger charge is -2.17. The summed E-state index contributed by atoms with van der Waals surface area (Å²) in [6, 6.07) is 3.73. The van der Waals surface area contributed by atoms with Crippen molar-refractivity contribution in [3.05, 3.63) is 30.1 Å². The van der Waals surface area contributed by atoms with E-state index in [1.54, 1.807) is 32.2 Å². The molecule has 18 heavy (non-hydrogen) atoms. The highest BCUT2D eigenvalue weighted by atomic mass is 16.4. The SMILES string of the molecule is CC[C@@H](NC(=O)NC(C)c1ccccn1)C(=O)O. The minimum Gasteiger partial charge on any atom is -0.480 e. The minimum atomic E-state index is -1.04. The van der Waals surface area contributed by atoms with Crippen LogP contribution in [-0.4, -0.2) is 28.1 Å². The maximum absolute atomic E-state index is 11.6. The number of carboxylic acid groups (broad SMARTS) is 1. The van der Waals surface area contributed by atoms with E-state index in [0.29, 0.717) is 6.42 Å². The van der Waals surface area contributed by atoms with Crippen molar-refractivity contribution >= 4 is 12.0 Å². The number of amides is 2. The molecule has 0 aliphatic carbocycles. The third kappa shape index (κ3) is 4.04. The summed E-state index contributed by atoms with van der Waals surface area (Å²) in [5.74, 6) is -1.04. The molecule has 1 rings (SSSR count). The molecule has 0 spiro atoms. The van der Waals surface area contributed by atoms with Gasteiger partial charge in [0.25, 0.3) is 0 Å². The molecule has 2 atom stereocenters. The first-order valence-electron chi connectivity index (χ1n) is 5.75. The maximum Gasteiger partial charge on any atom is 0.326 e. The molecule has 1 aromatic rings. The zero-order valence-corrected chi connectivity index (χ0v) is 10.4. The number of urea groups is 1. The summed E-state index contributed by atoms with van der Waals surface area (Å²) in [4.78, 5) is 26.5. The normalized spacial score (nSPS) is 13.4. The average Bonchev–Trinajstić information content (AvgIpc) is 2.36. The second-order valence-electron chi connectivity index (χ2n) is 3.89. The highest BCUT2D eigenvalue weighted by Crippen LogP contribution is 2.07. The molecule has 6 nitrogen and oxygen atoms in total. The number of hydrogen-bond acceptors (Lipinski definition) is 3. The van der Waals surface area contributed by atoms with Crippen LogP contribution in [0.2, 0.25) is 0 Å². The molecule has 0 saturated carbocycles. The van der Waals surface area contributed by atoms with Gasteiger partial charge in [0, 0.05) is 6.20 Å². The van der Waals surface area contributed by atoms with Crippen LogP contribution in [0.3, 0.4) is 0 Å². The zero-order chi connectivity index (χ0) is 13.5. The van der Waals surface area contributed by atoms with Crippen LogP contribution in [0, 0.1) is 0 Å². The predicted octanol–water partition coefficient (Wildman–Crippen LogP) is 1.30. The van der Waals surface area contributed by atoms with E-state index < -0.39 is 18.0 Å². The van der Waals surface area contributed by atoms with Crippen LogP contribution in [0.5, 0.6) is 0 Å². The molecule has 0 aliphatic heterocycles. The second kappa shape index (κ2) is 6.58. The van der Waals surface area contributed by atoms with E-state index in [1.165, 1.54) is 0 Å². The largest absolute Gasteiger partial charge is 0.480 e. The van der Waals surface area contributed by atoms with E-state index in [2.05, 4.69) is 15.6 Å². The Labute approximate surface area is 105 Å².